The summed E-state index contributed by atoms with van der Waals surface area (Å²) in [6.45, 7) is 7.86. The molecule has 0 aliphatic heterocycles. The molecule has 1 N–H and O–H groups in total. The van der Waals surface area contributed by atoms with E-state index in [1.54, 1.807) is 0 Å². The summed E-state index contributed by atoms with van der Waals surface area (Å²) in [4.78, 5) is 14.4. The molecule has 146 valence electrons. The molecule has 28 heavy (non-hydrogen) atoms. The monoisotopic (exact) mass is 376 g/mol. The van der Waals surface area contributed by atoms with E-state index in [1.165, 1.54) is 0 Å². The summed E-state index contributed by atoms with van der Waals surface area (Å²) in [7, 11) is 0. The number of likely N-dealkylation sites (N-methyl/N-ethyl adjacent to an activating group) is 1. The van der Waals surface area contributed by atoms with Gasteiger partial charge in [0.25, 0.3) is 0 Å². The molecule has 0 radical (unpaired) electrons. The molecule has 5 heteroatoms. The van der Waals surface area contributed by atoms with Crippen molar-refractivity contribution in [1.29, 1.82) is 0 Å². The molecule has 0 saturated carbocycles. The SMILES string of the molecule is CCN(CC(=O)NC(C)C)Cc1cn(-c2ccccc2)nc1-c1ccccc1. The van der Waals surface area contributed by atoms with E-state index in [1.807, 2.05) is 67.1 Å². The van der Waals surface area contributed by atoms with E-state index in [0.717, 1.165) is 29.1 Å². The smallest absolute Gasteiger partial charge is 0.234 e. The van der Waals surface area contributed by atoms with Crippen molar-refractivity contribution in [2.75, 3.05) is 13.1 Å². The average Bonchev–Trinajstić information content (AvgIpc) is 3.12. The lowest BCUT2D eigenvalue weighted by molar-refractivity contribution is -0.122. The van der Waals surface area contributed by atoms with Crippen LogP contribution in [0.5, 0.6) is 0 Å². The van der Waals surface area contributed by atoms with Crippen molar-refractivity contribution in [3.05, 3.63) is 72.4 Å². The second-order valence-corrected chi connectivity index (χ2v) is 7.17. The van der Waals surface area contributed by atoms with Crippen LogP contribution in [0.3, 0.4) is 0 Å². The molecule has 3 aromatic rings. The largest absolute Gasteiger partial charge is 0.353 e. The highest BCUT2D eigenvalue weighted by Crippen LogP contribution is 2.24. The van der Waals surface area contributed by atoms with Crippen molar-refractivity contribution in [1.82, 2.24) is 20.0 Å². The van der Waals surface area contributed by atoms with Crippen LogP contribution in [0.25, 0.3) is 16.9 Å². The Morgan fingerprint density at radius 3 is 2.32 bits per heavy atom. The number of aromatic nitrogens is 2. The van der Waals surface area contributed by atoms with Gasteiger partial charge < -0.3 is 5.32 Å². The zero-order valence-electron chi connectivity index (χ0n) is 16.8. The number of hydrogen-bond donors (Lipinski definition) is 1. The van der Waals surface area contributed by atoms with Gasteiger partial charge in [-0.1, -0.05) is 55.5 Å². The van der Waals surface area contributed by atoms with E-state index in [0.29, 0.717) is 13.1 Å². The molecular formula is C23H28N4O. The third kappa shape index (κ3) is 5.08. The van der Waals surface area contributed by atoms with Crippen LogP contribution >= 0.6 is 0 Å². The van der Waals surface area contributed by atoms with Gasteiger partial charge in [0.15, 0.2) is 0 Å². The number of hydrogen-bond acceptors (Lipinski definition) is 3. The zero-order chi connectivity index (χ0) is 19.9. The van der Waals surface area contributed by atoms with Crippen molar-refractivity contribution in [3.63, 3.8) is 0 Å². The summed E-state index contributed by atoms with van der Waals surface area (Å²) in [5.74, 6) is 0.0496. The van der Waals surface area contributed by atoms with Gasteiger partial charge in [-0.2, -0.15) is 5.10 Å². The zero-order valence-corrected chi connectivity index (χ0v) is 16.8. The maximum absolute atomic E-state index is 12.2. The normalized spacial score (nSPS) is 11.2. The second-order valence-electron chi connectivity index (χ2n) is 7.17. The first-order valence-electron chi connectivity index (χ1n) is 9.78. The van der Waals surface area contributed by atoms with Crippen LogP contribution < -0.4 is 5.32 Å². The van der Waals surface area contributed by atoms with Crippen molar-refractivity contribution in [2.45, 2.75) is 33.4 Å². The van der Waals surface area contributed by atoms with Gasteiger partial charge in [-0.25, -0.2) is 4.68 Å². The summed E-state index contributed by atoms with van der Waals surface area (Å²) < 4.78 is 1.92. The highest BCUT2D eigenvalue weighted by Gasteiger charge is 2.17. The Labute approximate surface area is 167 Å². The number of rotatable bonds is 8. The van der Waals surface area contributed by atoms with Crippen molar-refractivity contribution in [3.8, 4) is 16.9 Å². The third-order valence-corrected chi connectivity index (χ3v) is 4.52. The van der Waals surface area contributed by atoms with E-state index >= 15 is 0 Å². The number of carbonyl (C=O) groups excluding carboxylic acids is 1. The van der Waals surface area contributed by atoms with E-state index in [9.17, 15) is 4.79 Å². The van der Waals surface area contributed by atoms with Gasteiger partial charge in [0.05, 0.1) is 17.9 Å². The standard InChI is InChI=1S/C23H28N4O/c1-4-26(17-22(28)24-18(2)3)15-20-16-27(21-13-9-6-10-14-21)25-23(20)19-11-7-5-8-12-19/h5-14,16,18H,4,15,17H2,1-3H3,(H,24,28). The number of amides is 1. The maximum Gasteiger partial charge on any atom is 0.234 e. The van der Waals surface area contributed by atoms with Crippen molar-refractivity contribution in [2.24, 2.45) is 0 Å². The summed E-state index contributed by atoms with van der Waals surface area (Å²) in [6, 6.07) is 20.4. The maximum atomic E-state index is 12.2. The highest BCUT2D eigenvalue weighted by atomic mass is 16.2. The summed E-state index contributed by atoms with van der Waals surface area (Å²) >= 11 is 0. The van der Waals surface area contributed by atoms with Crippen molar-refractivity contribution < 1.29 is 4.79 Å². The molecule has 0 fully saturated rings. The molecule has 0 spiro atoms. The predicted molar refractivity (Wildman–Crippen MR) is 113 cm³/mol. The van der Waals surface area contributed by atoms with Crippen LogP contribution in [-0.2, 0) is 11.3 Å². The first-order chi connectivity index (χ1) is 13.6. The fourth-order valence-corrected chi connectivity index (χ4v) is 3.17. The fourth-order valence-electron chi connectivity index (χ4n) is 3.17. The minimum absolute atomic E-state index is 0.0496. The Hall–Kier alpha value is -2.92. The Bertz CT molecular complexity index is 887. The van der Waals surface area contributed by atoms with Crippen LogP contribution in [0, 0.1) is 0 Å². The topological polar surface area (TPSA) is 50.2 Å². The summed E-state index contributed by atoms with van der Waals surface area (Å²) in [5, 5.41) is 7.82. The molecule has 5 nitrogen and oxygen atoms in total. The number of benzene rings is 2. The Morgan fingerprint density at radius 2 is 1.71 bits per heavy atom. The van der Waals surface area contributed by atoms with E-state index < -0.39 is 0 Å². The van der Waals surface area contributed by atoms with Gasteiger partial charge in [-0.3, -0.25) is 9.69 Å². The molecule has 2 aromatic carbocycles. The summed E-state index contributed by atoms with van der Waals surface area (Å²) in [6.07, 6.45) is 2.07. The molecule has 0 bridgehead atoms. The molecule has 0 saturated heterocycles. The Kier molecular flexibility index (Phi) is 6.61. The van der Waals surface area contributed by atoms with Crippen LogP contribution in [0.1, 0.15) is 26.3 Å². The Morgan fingerprint density at radius 1 is 1.07 bits per heavy atom. The van der Waals surface area contributed by atoms with Gasteiger partial charge in [-0.15, -0.1) is 0 Å². The molecule has 1 amide bonds. The van der Waals surface area contributed by atoms with Gasteiger partial charge in [0, 0.05) is 29.9 Å². The van der Waals surface area contributed by atoms with E-state index in [4.69, 9.17) is 5.10 Å². The van der Waals surface area contributed by atoms with Crippen LogP contribution in [-0.4, -0.2) is 39.7 Å². The van der Waals surface area contributed by atoms with Gasteiger partial charge in [0.1, 0.15) is 0 Å². The van der Waals surface area contributed by atoms with Crippen LogP contribution in [0.15, 0.2) is 66.9 Å². The summed E-state index contributed by atoms with van der Waals surface area (Å²) in [5.41, 5.74) is 4.16. The molecule has 3 rings (SSSR count). The van der Waals surface area contributed by atoms with Gasteiger partial charge >= 0.3 is 0 Å². The number of carbonyl (C=O) groups is 1. The lowest BCUT2D eigenvalue weighted by atomic mass is 10.1. The molecular weight excluding hydrogens is 348 g/mol. The quantitative estimate of drug-likeness (QED) is 0.649. The van der Waals surface area contributed by atoms with Crippen LogP contribution in [0.2, 0.25) is 0 Å². The molecule has 0 aliphatic rings. The van der Waals surface area contributed by atoms with E-state index in [2.05, 4.69) is 35.5 Å². The molecule has 1 heterocycles. The number of nitrogens with one attached hydrogen (secondary N) is 1. The minimum Gasteiger partial charge on any atom is -0.353 e. The minimum atomic E-state index is 0.0496. The average molecular weight is 377 g/mol. The van der Waals surface area contributed by atoms with Crippen molar-refractivity contribution >= 4 is 5.91 Å². The lowest BCUT2D eigenvalue weighted by Gasteiger charge is -2.20. The third-order valence-electron chi connectivity index (χ3n) is 4.52. The Balaban J connectivity index is 1.90. The van der Waals surface area contributed by atoms with Gasteiger partial charge in [0.2, 0.25) is 5.91 Å². The first kappa shape index (κ1) is 19.8. The van der Waals surface area contributed by atoms with Gasteiger partial charge in [-0.05, 0) is 32.5 Å². The van der Waals surface area contributed by atoms with Crippen LogP contribution in [0.4, 0.5) is 0 Å². The number of nitrogens with zero attached hydrogens (tertiary/aromatic N) is 3. The lowest BCUT2D eigenvalue weighted by Crippen LogP contribution is -2.39. The molecule has 1 aromatic heterocycles. The molecule has 0 atom stereocenters. The second kappa shape index (κ2) is 9.33. The van der Waals surface area contributed by atoms with E-state index in [-0.39, 0.29) is 11.9 Å². The molecule has 0 aliphatic carbocycles. The number of para-hydroxylation sites is 1. The fraction of sp³-hybridized carbons (Fsp3) is 0.304. The first-order valence-corrected chi connectivity index (χ1v) is 9.78. The highest BCUT2D eigenvalue weighted by molar-refractivity contribution is 5.78. The molecule has 0 unspecified atom stereocenters. The predicted octanol–water partition coefficient (Wildman–Crippen LogP) is 3.89.